The number of rotatable bonds is 6. The van der Waals surface area contributed by atoms with Crippen molar-refractivity contribution < 1.29 is 13.2 Å². The second-order valence-electron chi connectivity index (χ2n) is 4.31. The molecule has 112 valence electrons. The van der Waals surface area contributed by atoms with Gasteiger partial charge in [0.2, 0.25) is 0 Å². The van der Waals surface area contributed by atoms with Crippen molar-refractivity contribution >= 4 is 27.3 Å². The zero-order valence-electron chi connectivity index (χ0n) is 11.5. The SMILES string of the molecule is CCOc1ccc(NS(=O)(=O)c2ccccc2)cc1CCl. The van der Waals surface area contributed by atoms with Crippen LogP contribution in [0, 0.1) is 0 Å². The third-order valence-electron chi connectivity index (χ3n) is 2.81. The van der Waals surface area contributed by atoms with E-state index in [0.717, 1.165) is 5.56 Å². The Balaban J connectivity index is 2.28. The Labute approximate surface area is 129 Å². The Morgan fingerprint density at radius 3 is 2.48 bits per heavy atom. The molecule has 0 fully saturated rings. The predicted octanol–water partition coefficient (Wildman–Crippen LogP) is 3.62. The van der Waals surface area contributed by atoms with E-state index in [9.17, 15) is 8.42 Å². The van der Waals surface area contributed by atoms with Crippen molar-refractivity contribution in [3.05, 3.63) is 54.1 Å². The van der Waals surface area contributed by atoms with Gasteiger partial charge in [-0.15, -0.1) is 11.6 Å². The normalized spacial score (nSPS) is 11.1. The van der Waals surface area contributed by atoms with Crippen LogP contribution in [0.5, 0.6) is 5.75 Å². The summed E-state index contributed by atoms with van der Waals surface area (Å²) >= 11 is 5.87. The molecular formula is C15H16ClNO3S. The molecule has 4 nitrogen and oxygen atoms in total. The van der Waals surface area contributed by atoms with E-state index in [1.165, 1.54) is 0 Å². The predicted molar refractivity (Wildman–Crippen MR) is 84.4 cm³/mol. The number of sulfonamides is 1. The second-order valence-corrected chi connectivity index (χ2v) is 6.26. The Hall–Kier alpha value is -1.72. The fourth-order valence-corrected chi connectivity index (χ4v) is 3.14. The monoisotopic (exact) mass is 325 g/mol. The van der Waals surface area contributed by atoms with Crippen molar-refractivity contribution in [2.75, 3.05) is 11.3 Å². The molecule has 0 amide bonds. The van der Waals surface area contributed by atoms with Crippen LogP contribution in [0.15, 0.2) is 53.4 Å². The molecule has 0 saturated heterocycles. The first kappa shape index (κ1) is 15.7. The largest absolute Gasteiger partial charge is 0.494 e. The van der Waals surface area contributed by atoms with E-state index in [-0.39, 0.29) is 10.8 Å². The standard InChI is InChI=1S/C15H16ClNO3S/c1-2-20-15-9-8-13(10-12(15)11-16)17-21(18,19)14-6-4-3-5-7-14/h3-10,17H,2,11H2,1H3. The molecule has 1 N–H and O–H groups in total. The maximum absolute atomic E-state index is 12.2. The lowest BCUT2D eigenvalue weighted by atomic mass is 10.2. The van der Waals surface area contributed by atoms with Gasteiger partial charge in [0.25, 0.3) is 10.0 Å². The van der Waals surface area contributed by atoms with Crippen LogP contribution in [-0.2, 0) is 15.9 Å². The minimum Gasteiger partial charge on any atom is -0.494 e. The van der Waals surface area contributed by atoms with Gasteiger partial charge in [0, 0.05) is 11.3 Å². The first-order chi connectivity index (χ1) is 10.1. The maximum Gasteiger partial charge on any atom is 0.261 e. The lowest BCUT2D eigenvalue weighted by molar-refractivity contribution is 0.337. The smallest absolute Gasteiger partial charge is 0.261 e. The lowest BCUT2D eigenvalue weighted by Crippen LogP contribution is -2.13. The van der Waals surface area contributed by atoms with Gasteiger partial charge in [-0.1, -0.05) is 18.2 Å². The molecule has 0 bridgehead atoms. The molecule has 6 heteroatoms. The zero-order chi connectivity index (χ0) is 15.3. The molecule has 2 aromatic rings. The molecule has 0 aromatic heterocycles. The minimum absolute atomic E-state index is 0.214. The average Bonchev–Trinajstić information content (AvgIpc) is 2.49. The molecule has 21 heavy (non-hydrogen) atoms. The van der Waals surface area contributed by atoms with Crippen molar-refractivity contribution in [2.24, 2.45) is 0 Å². The molecule has 0 radical (unpaired) electrons. The van der Waals surface area contributed by atoms with E-state index in [4.69, 9.17) is 16.3 Å². The number of nitrogens with one attached hydrogen (secondary N) is 1. The van der Waals surface area contributed by atoms with E-state index < -0.39 is 10.0 Å². The van der Waals surface area contributed by atoms with Gasteiger partial charge in [-0.25, -0.2) is 8.42 Å². The summed E-state index contributed by atoms with van der Waals surface area (Å²) < 4.78 is 32.4. The molecule has 0 unspecified atom stereocenters. The number of benzene rings is 2. The van der Waals surface area contributed by atoms with Crippen LogP contribution in [0.4, 0.5) is 5.69 Å². The summed E-state index contributed by atoms with van der Waals surface area (Å²) in [5, 5.41) is 0. The third-order valence-corrected chi connectivity index (χ3v) is 4.50. The van der Waals surface area contributed by atoms with Crippen LogP contribution in [0.2, 0.25) is 0 Å². The molecule has 0 heterocycles. The number of halogens is 1. The van der Waals surface area contributed by atoms with Crippen LogP contribution in [0.1, 0.15) is 12.5 Å². The van der Waals surface area contributed by atoms with Gasteiger partial charge in [-0.3, -0.25) is 4.72 Å². The Morgan fingerprint density at radius 1 is 1.14 bits per heavy atom. The molecule has 0 atom stereocenters. The highest BCUT2D eigenvalue weighted by molar-refractivity contribution is 7.92. The first-order valence-corrected chi connectivity index (χ1v) is 8.48. The number of alkyl halides is 1. The van der Waals surface area contributed by atoms with Crippen LogP contribution >= 0.6 is 11.6 Å². The third kappa shape index (κ3) is 3.89. The van der Waals surface area contributed by atoms with E-state index in [1.54, 1.807) is 48.5 Å². The summed E-state index contributed by atoms with van der Waals surface area (Å²) in [7, 11) is -3.60. The molecule has 2 rings (SSSR count). The number of ether oxygens (including phenoxy) is 1. The molecule has 0 aliphatic carbocycles. The van der Waals surface area contributed by atoms with E-state index in [2.05, 4.69) is 4.72 Å². The highest BCUT2D eigenvalue weighted by Gasteiger charge is 2.14. The summed E-state index contributed by atoms with van der Waals surface area (Å²) in [6.45, 7) is 2.41. The van der Waals surface area contributed by atoms with Gasteiger partial charge in [-0.2, -0.15) is 0 Å². The lowest BCUT2D eigenvalue weighted by Gasteiger charge is -2.12. The summed E-state index contributed by atoms with van der Waals surface area (Å²) in [5.41, 5.74) is 1.20. The van der Waals surface area contributed by atoms with Gasteiger partial charge >= 0.3 is 0 Å². The Bertz CT molecular complexity index is 702. The molecule has 2 aromatic carbocycles. The zero-order valence-corrected chi connectivity index (χ0v) is 13.1. The average molecular weight is 326 g/mol. The van der Waals surface area contributed by atoms with E-state index in [0.29, 0.717) is 18.0 Å². The first-order valence-electron chi connectivity index (χ1n) is 6.46. The Kier molecular flexibility index (Phi) is 5.09. The summed E-state index contributed by atoms with van der Waals surface area (Å²) in [5.74, 6) is 0.908. The van der Waals surface area contributed by atoms with Gasteiger partial charge in [0.05, 0.1) is 17.4 Å². The van der Waals surface area contributed by atoms with Crippen molar-refractivity contribution in [3.63, 3.8) is 0 Å². The van der Waals surface area contributed by atoms with Gasteiger partial charge < -0.3 is 4.74 Å². The number of anilines is 1. The van der Waals surface area contributed by atoms with E-state index >= 15 is 0 Å². The van der Waals surface area contributed by atoms with Gasteiger partial charge in [0.1, 0.15) is 5.75 Å². The highest BCUT2D eigenvalue weighted by atomic mass is 35.5. The van der Waals surface area contributed by atoms with Gasteiger partial charge in [-0.05, 0) is 37.3 Å². The van der Waals surface area contributed by atoms with E-state index in [1.807, 2.05) is 6.92 Å². The summed E-state index contributed by atoms with van der Waals surface area (Å²) in [4.78, 5) is 0.214. The van der Waals surface area contributed by atoms with Crippen LogP contribution in [0.25, 0.3) is 0 Å². The highest BCUT2D eigenvalue weighted by Crippen LogP contribution is 2.26. The Morgan fingerprint density at radius 2 is 1.86 bits per heavy atom. The number of hydrogen-bond acceptors (Lipinski definition) is 3. The van der Waals surface area contributed by atoms with Gasteiger partial charge in [0.15, 0.2) is 0 Å². The van der Waals surface area contributed by atoms with Crippen LogP contribution in [-0.4, -0.2) is 15.0 Å². The quantitative estimate of drug-likeness (QED) is 0.825. The molecule has 0 saturated carbocycles. The molecule has 0 spiro atoms. The molecule has 0 aliphatic heterocycles. The number of hydrogen-bond donors (Lipinski definition) is 1. The minimum atomic E-state index is -3.60. The molecular weight excluding hydrogens is 310 g/mol. The van der Waals surface area contributed by atoms with Crippen LogP contribution in [0.3, 0.4) is 0 Å². The van der Waals surface area contributed by atoms with Crippen molar-refractivity contribution in [1.29, 1.82) is 0 Å². The fourth-order valence-electron chi connectivity index (χ4n) is 1.86. The van der Waals surface area contributed by atoms with Crippen molar-refractivity contribution in [1.82, 2.24) is 0 Å². The summed E-state index contributed by atoms with van der Waals surface area (Å²) in [6, 6.07) is 13.2. The second kappa shape index (κ2) is 6.83. The van der Waals surface area contributed by atoms with Crippen molar-refractivity contribution in [2.45, 2.75) is 17.7 Å². The maximum atomic E-state index is 12.2. The van der Waals surface area contributed by atoms with Crippen LogP contribution < -0.4 is 9.46 Å². The molecule has 0 aliphatic rings. The van der Waals surface area contributed by atoms with Crippen molar-refractivity contribution in [3.8, 4) is 5.75 Å². The fraction of sp³-hybridized carbons (Fsp3) is 0.200. The summed E-state index contributed by atoms with van der Waals surface area (Å²) in [6.07, 6.45) is 0. The topological polar surface area (TPSA) is 55.4 Å².